The number of likely N-dealkylation sites (tertiary alicyclic amines) is 1. The van der Waals surface area contributed by atoms with E-state index in [9.17, 15) is 9.90 Å². The van der Waals surface area contributed by atoms with Gasteiger partial charge in [0.25, 0.3) is 5.91 Å². The number of aliphatic hydroxyl groups excluding tert-OH is 1. The molecule has 0 aromatic carbocycles. The van der Waals surface area contributed by atoms with Crippen molar-refractivity contribution in [3.05, 3.63) is 23.5 Å². The first kappa shape index (κ1) is 12.2. The first-order chi connectivity index (χ1) is 8.09. The van der Waals surface area contributed by atoms with E-state index in [2.05, 4.69) is 0 Å². The van der Waals surface area contributed by atoms with Crippen LogP contribution in [0.25, 0.3) is 0 Å². The summed E-state index contributed by atoms with van der Waals surface area (Å²) in [4.78, 5) is 14.2. The lowest BCUT2D eigenvalue weighted by molar-refractivity contribution is 0.0752. The van der Waals surface area contributed by atoms with Crippen LogP contribution in [0.5, 0.6) is 0 Å². The monoisotopic (exact) mass is 236 g/mol. The van der Waals surface area contributed by atoms with Gasteiger partial charge >= 0.3 is 0 Å². The van der Waals surface area contributed by atoms with E-state index >= 15 is 0 Å². The average molecular weight is 236 g/mol. The number of aryl methyl sites for hydroxylation is 1. The molecular formula is C13H20N2O2. The summed E-state index contributed by atoms with van der Waals surface area (Å²) in [6.45, 7) is 3.37. The zero-order valence-corrected chi connectivity index (χ0v) is 10.5. The van der Waals surface area contributed by atoms with Crippen molar-refractivity contribution in [2.75, 3.05) is 13.1 Å². The molecule has 1 saturated heterocycles. The van der Waals surface area contributed by atoms with Gasteiger partial charge in [-0.05, 0) is 32.3 Å². The summed E-state index contributed by atoms with van der Waals surface area (Å²) in [5.74, 6) is 0.0946. The second-order valence-electron chi connectivity index (χ2n) is 4.80. The third kappa shape index (κ3) is 2.52. The number of carbonyl (C=O) groups is 1. The van der Waals surface area contributed by atoms with E-state index in [0.29, 0.717) is 13.0 Å². The number of amides is 1. The molecule has 1 atom stereocenters. The lowest BCUT2D eigenvalue weighted by Gasteiger charge is -2.20. The van der Waals surface area contributed by atoms with Gasteiger partial charge in [-0.3, -0.25) is 4.79 Å². The molecule has 1 N–H and O–H groups in total. The molecule has 1 aliphatic heterocycles. The molecule has 0 aliphatic carbocycles. The number of hydrogen-bond acceptors (Lipinski definition) is 2. The SMILES string of the molecule is Cc1c(C(=O)N2CCCC(O)CC2)ccn1C. The second kappa shape index (κ2) is 4.92. The molecule has 17 heavy (non-hydrogen) atoms. The number of aliphatic hydroxyl groups is 1. The van der Waals surface area contributed by atoms with Crippen LogP contribution in [0.3, 0.4) is 0 Å². The molecule has 2 rings (SSSR count). The molecule has 2 heterocycles. The summed E-state index contributed by atoms with van der Waals surface area (Å²) in [6.07, 6.45) is 4.05. The van der Waals surface area contributed by atoms with Gasteiger partial charge in [-0.25, -0.2) is 0 Å². The highest BCUT2D eigenvalue weighted by atomic mass is 16.3. The molecular weight excluding hydrogens is 216 g/mol. The van der Waals surface area contributed by atoms with E-state index in [1.54, 1.807) is 0 Å². The number of nitrogens with zero attached hydrogens (tertiary/aromatic N) is 2. The third-order valence-electron chi connectivity index (χ3n) is 3.60. The maximum absolute atomic E-state index is 12.3. The van der Waals surface area contributed by atoms with Crippen LogP contribution in [0.15, 0.2) is 12.3 Å². The van der Waals surface area contributed by atoms with E-state index < -0.39 is 0 Å². The minimum Gasteiger partial charge on any atom is -0.393 e. The van der Waals surface area contributed by atoms with Crippen LogP contribution < -0.4 is 0 Å². The Bertz CT molecular complexity index is 412. The molecule has 1 unspecified atom stereocenters. The largest absolute Gasteiger partial charge is 0.393 e. The van der Waals surface area contributed by atoms with Crippen LogP contribution in [0.1, 0.15) is 35.3 Å². The van der Waals surface area contributed by atoms with Crippen LogP contribution in [0.4, 0.5) is 0 Å². The number of carbonyl (C=O) groups excluding carboxylic acids is 1. The smallest absolute Gasteiger partial charge is 0.255 e. The molecule has 1 aromatic rings. The van der Waals surface area contributed by atoms with E-state index in [0.717, 1.165) is 30.6 Å². The fourth-order valence-electron chi connectivity index (χ4n) is 2.29. The molecule has 4 heteroatoms. The molecule has 0 bridgehead atoms. The van der Waals surface area contributed by atoms with E-state index in [1.807, 2.05) is 35.7 Å². The summed E-state index contributed by atoms with van der Waals surface area (Å²) >= 11 is 0. The van der Waals surface area contributed by atoms with Crippen molar-refractivity contribution in [3.63, 3.8) is 0 Å². The van der Waals surface area contributed by atoms with Crippen molar-refractivity contribution in [3.8, 4) is 0 Å². The standard InChI is InChI=1S/C13H20N2O2/c1-10-12(6-8-14(10)2)13(17)15-7-3-4-11(16)5-9-15/h6,8,11,16H,3-5,7,9H2,1-2H3. The van der Waals surface area contributed by atoms with Crippen LogP contribution in [-0.4, -0.2) is 39.7 Å². The molecule has 4 nitrogen and oxygen atoms in total. The molecule has 0 saturated carbocycles. The summed E-state index contributed by atoms with van der Waals surface area (Å²) in [5.41, 5.74) is 1.78. The molecule has 0 spiro atoms. The highest BCUT2D eigenvalue weighted by molar-refractivity contribution is 5.95. The molecule has 94 valence electrons. The maximum atomic E-state index is 12.3. The highest BCUT2D eigenvalue weighted by Crippen LogP contribution is 2.16. The van der Waals surface area contributed by atoms with Gasteiger partial charge in [-0.2, -0.15) is 0 Å². The Labute approximate surface area is 102 Å². The lowest BCUT2D eigenvalue weighted by Crippen LogP contribution is -2.32. The first-order valence-electron chi connectivity index (χ1n) is 6.19. The topological polar surface area (TPSA) is 45.5 Å². The quantitative estimate of drug-likeness (QED) is 0.799. The number of rotatable bonds is 1. The van der Waals surface area contributed by atoms with Gasteiger partial charge in [0.1, 0.15) is 0 Å². The Hall–Kier alpha value is -1.29. The van der Waals surface area contributed by atoms with E-state index in [4.69, 9.17) is 0 Å². The zero-order chi connectivity index (χ0) is 12.4. The third-order valence-corrected chi connectivity index (χ3v) is 3.60. The van der Waals surface area contributed by atoms with Crippen molar-refractivity contribution in [1.29, 1.82) is 0 Å². The highest BCUT2D eigenvalue weighted by Gasteiger charge is 2.22. The summed E-state index contributed by atoms with van der Waals surface area (Å²) in [5, 5.41) is 9.58. The summed E-state index contributed by atoms with van der Waals surface area (Å²) in [7, 11) is 1.94. The average Bonchev–Trinajstić information content (AvgIpc) is 2.53. The molecule has 1 amide bonds. The summed E-state index contributed by atoms with van der Waals surface area (Å²) in [6, 6.07) is 1.87. The predicted molar refractivity (Wildman–Crippen MR) is 65.9 cm³/mol. The summed E-state index contributed by atoms with van der Waals surface area (Å²) < 4.78 is 1.96. The van der Waals surface area contributed by atoms with Crippen molar-refractivity contribution in [2.45, 2.75) is 32.3 Å². The Morgan fingerprint density at radius 2 is 2.18 bits per heavy atom. The van der Waals surface area contributed by atoms with Crippen molar-refractivity contribution in [1.82, 2.24) is 9.47 Å². The van der Waals surface area contributed by atoms with Crippen molar-refractivity contribution >= 4 is 5.91 Å². The van der Waals surface area contributed by atoms with Crippen molar-refractivity contribution < 1.29 is 9.90 Å². The van der Waals surface area contributed by atoms with Gasteiger partial charge in [0.05, 0.1) is 11.7 Å². The minimum atomic E-state index is -0.246. The van der Waals surface area contributed by atoms with Gasteiger partial charge in [0, 0.05) is 32.0 Å². The number of hydrogen-bond donors (Lipinski definition) is 1. The second-order valence-corrected chi connectivity index (χ2v) is 4.80. The van der Waals surface area contributed by atoms with Gasteiger partial charge in [0.15, 0.2) is 0 Å². The Morgan fingerprint density at radius 3 is 2.82 bits per heavy atom. The predicted octanol–water partition coefficient (Wildman–Crippen LogP) is 1.32. The van der Waals surface area contributed by atoms with Crippen LogP contribution in [0, 0.1) is 6.92 Å². The van der Waals surface area contributed by atoms with Crippen LogP contribution >= 0.6 is 0 Å². The van der Waals surface area contributed by atoms with Crippen molar-refractivity contribution in [2.24, 2.45) is 7.05 Å². The molecule has 1 aliphatic rings. The fraction of sp³-hybridized carbons (Fsp3) is 0.615. The molecule has 1 fully saturated rings. The zero-order valence-electron chi connectivity index (χ0n) is 10.5. The maximum Gasteiger partial charge on any atom is 0.255 e. The fourth-order valence-corrected chi connectivity index (χ4v) is 2.29. The Kier molecular flexibility index (Phi) is 3.52. The molecule has 1 aromatic heterocycles. The number of aromatic nitrogens is 1. The Balaban J connectivity index is 2.12. The van der Waals surface area contributed by atoms with Crippen LogP contribution in [0.2, 0.25) is 0 Å². The lowest BCUT2D eigenvalue weighted by atomic mass is 10.2. The first-order valence-corrected chi connectivity index (χ1v) is 6.19. The molecule has 0 radical (unpaired) electrons. The Morgan fingerprint density at radius 1 is 1.41 bits per heavy atom. The van der Waals surface area contributed by atoms with E-state index in [1.165, 1.54) is 0 Å². The van der Waals surface area contributed by atoms with Gasteiger partial charge in [-0.1, -0.05) is 0 Å². The minimum absolute atomic E-state index is 0.0946. The van der Waals surface area contributed by atoms with Gasteiger partial charge < -0.3 is 14.6 Å². The van der Waals surface area contributed by atoms with Gasteiger partial charge in [-0.15, -0.1) is 0 Å². The van der Waals surface area contributed by atoms with Crippen LogP contribution in [-0.2, 0) is 7.05 Å². The normalized spacial score (nSPS) is 21.4. The van der Waals surface area contributed by atoms with Gasteiger partial charge in [0.2, 0.25) is 0 Å². The van der Waals surface area contributed by atoms with E-state index in [-0.39, 0.29) is 12.0 Å².